The number of ether oxygens (including phenoxy) is 2. The first-order valence-corrected chi connectivity index (χ1v) is 9.38. The second-order valence-electron chi connectivity index (χ2n) is 6.10. The van der Waals surface area contributed by atoms with Gasteiger partial charge in [-0.15, -0.1) is 0 Å². The zero-order valence-electron chi connectivity index (χ0n) is 16.0. The van der Waals surface area contributed by atoms with E-state index in [9.17, 15) is 10.1 Å². The lowest BCUT2D eigenvalue weighted by Crippen LogP contribution is -2.13. The fourth-order valence-corrected chi connectivity index (χ4v) is 2.63. The third kappa shape index (κ3) is 6.03. The van der Waals surface area contributed by atoms with Crippen molar-refractivity contribution in [2.45, 2.75) is 39.5 Å². The van der Waals surface area contributed by atoms with Crippen LogP contribution in [0.15, 0.2) is 60.0 Å². The third-order valence-electron chi connectivity index (χ3n) is 4.11. The van der Waals surface area contributed by atoms with Crippen LogP contribution in [0.4, 0.5) is 5.69 Å². The lowest BCUT2D eigenvalue weighted by atomic mass is 10.1. The molecule has 1 heterocycles. The molecule has 0 spiro atoms. The molecular weight excluding hydrogens is 340 g/mol. The predicted molar refractivity (Wildman–Crippen MR) is 106 cm³/mol. The maximum atomic E-state index is 11.8. The summed E-state index contributed by atoms with van der Waals surface area (Å²) >= 11 is 0. The number of nitrogens with zero attached hydrogens (tertiary/aromatic N) is 2. The third-order valence-corrected chi connectivity index (χ3v) is 4.11. The maximum absolute atomic E-state index is 11.8. The van der Waals surface area contributed by atoms with Gasteiger partial charge in [-0.25, -0.2) is 4.79 Å². The van der Waals surface area contributed by atoms with Gasteiger partial charge in [-0.1, -0.05) is 26.2 Å². The summed E-state index contributed by atoms with van der Waals surface area (Å²) in [6.45, 7) is 4.88. The van der Waals surface area contributed by atoms with Crippen molar-refractivity contribution in [3.05, 3.63) is 60.0 Å². The number of rotatable bonds is 9. The summed E-state index contributed by atoms with van der Waals surface area (Å²) in [5.41, 5.74) is 1.52. The van der Waals surface area contributed by atoms with Crippen LogP contribution in [0, 0.1) is 11.3 Å². The van der Waals surface area contributed by atoms with Crippen LogP contribution in [0.5, 0.6) is 5.75 Å². The Morgan fingerprint density at radius 2 is 1.78 bits per heavy atom. The van der Waals surface area contributed by atoms with Crippen LogP contribution >= 0.6 is 0 Å². The molecule has 5 heteroatoms. The van der Waals surface area contributed by atoms with Crippen molar-refractivity contribution in [1.29, 1.82) is 5.26 Å². The molecule has 0 bridgehead atoms. The monoisotopic (exact) mass is 366 g/mol. The Balaban J connectivity index is 1.96. The molecule has 1 aliphatic heterocycles. The van der Waals surface area contributed by atoms with Crippen LogP contribution in [0.2, 0.25) is 0 Å². The normalized spacial score (nSPS) is 12.6. The number of nitriles is 1. The summed E-state index contributed by atoms with van der Waals surface area (Å²) in [5.74, 6) is 0.257. The van der Waals surface area contributed by atoms with E-state index >= 15 is 0 Å². The average molecular weight is 366 g/mol. The summed E-state index contributed by atoms with van der Waals surface area (Å²) in [6, 6.07) is 9.76. The molecule has 0 atom stereocenters. The van der Waals surface area contributed by atoms with Gasteiger partial charge in [0, 0.05) is 23.7 Å². The molecule has 0 unspecified atom stereocenters. The Bertz CT molecular complexity index is 739. The van der Waals surface area contributed by atoms with Crippen molar-refractivity contribution in [1.82, 2.24) is 0 Å². The Morgan fingerprint density at radius 3 is 2.37 bits per heavy atom. The number of esters is 1. The topological polar surface area (TPSA) is 62.6 Å². The van der Waals surface area contributed by atoms with Gasteiger partial charge in [-0.2, -0.15) is 5.26 Å². The average Bonchev–Trinajstić information content (AvgIpc) is 2.70. The minimum Gasteiger partial charge on any atom is -0.494 e. The lowest BCUT2D eigenvalue weighted by Gasteiger charge is -2.19. The van der Waals surface area contributed by atoms with Crippen LogP contribution in [0.3, 0.4) is 0 Å². The highest BCUT2D eigenvalue weighted by atomic mass is 16.5. The minimum atomic E-state index is -0.599. The van der Waals surface area contributed by atoms with Gasteiger partial charge in [-0.05, 0) is 49.8 Å². The van der Waals surface area contributed by atoms with Crippen LogP contribution in [0.1, 0.15) is 39.5 Å². The van der Waals surface area contributed by atoms with Crippen molar-refractivity contribution >= 4 is 11.7 Å². The molecule has 0 aliphatic carbocycles. The van der Waals surface area contributed by atoms with E-state index in [1.807, 2.05) is 47.6 Å². The van der Waals surface area contributed by atoms with Gasteiger partial charge in [0.05, 0.1) is 13.2 Å². The molecule has 0 N–H and O–H groups in total. The van der Waals surface area contributed by atoms with Crippen molar-refractivity contribution in [3.8, 4) is 11.8 Å². The van der Waals surface area contributed by atoms with Gasteiger partial charge >= 0.3 is 5.97 Å². The fourth-order valence-electron chi connectivity index (χ4n) is 2.63. The molecule has 1 aliphatic rings. The summed E-state index contributed by atoms with van der Waals surface area (Å²) in [4.78, 5) is 13.7. The number of allylic oxidation sites excluding steroid dienone is 3. The Morgan fingerprint density at radius 1 is 1.07 bits per heavy atom. The summed E-state index contributed by atoms with van der Waals surface area (Å²) in [7, 11) is 0. The second-order valence-corrected chi connectivity index (χ2v) is 6.10. The highest BCUT2D eigenvalue weighted by Crippen LogP contribution is 2.24. The van der Waals surface area contributed by atoms with Crippen LogP contribution in [-0.2, 0) is 9.53 Å². The summed E-state index contributed by atoms with van der Waals surface area (Å²) in [6.07, 6.45) is 11.8. The van der Waals surface area contributed by atoms with E-state index in [1.54, 1.807) is 19.1 Å². The quantitative estimate of drug-likeness (QED) is 0.270. The van der Waals surface area contributed by atoms with Crippen molar-refractivity contribution in [2.75, 3.05) is 18.1 Å². The van der Waals surface area contributed by atoms with Gasteiger partial charge in [0.2, 0.25) is 0 Å². The molecule has 0 saturated heterocycles. The van der Waals surface area contributed by atoms with Gasteiger partial charge < -0.3 is 14.4 Å². The van der Waals surface area contributed by atoms with Crippen molar-refractivity contribution < 1.29 is 14.3 Å². The standard InChI is InChI=1S/C22H26N2O3/c1-3-5-6-7-16-27-20-10-8-19(9-11-20)24-14-12-18(13-15-24)21(17-23)22(25)26-4-2/h8-15H,3-7,16H2,1-2H3. The van der Waals surface area contributed by atoms with Gasteiger partial charge in [0.1, 0.15) is 17.4 Å². The number of unbranched alkanes of at least 4 members (excludes halogenated alkanes) is 3. The Kier molecular flexibility index (Phi) is 8.18. The SMILES string of the molecule is CCCCCCOc1ccc(N2C=CC(=C(C#N)C(=O)OCC)C=C2)cc1. The molecule has 0 fully saturated rings. The predicted octanol–water partition coefficient (Wildman–Crippen LogP) is 4.88. The first kappa shape index (κ1) is 20.3. The molecule has 1 aromatic carbocycles. The highest BCUT2D eigenvalue weighted by molar-refractivity contribution is 5.95. The number of hydrogen-bond acceptors (Lipinski definition) is 5. The van der Waals surface area contributed by atoms with Crippen molar-refractivity contribution in [2.24, 2.45) is 0 Å². The molecule has 2 rings (SSSR count). The summed E-state index contributed by atoms with van der Waals surface area (Å²) < 4.78 is 10.7. The number of hydrogen-bond donors (Lipinski definition) is 0. The van der Waals surface area contributed by atoms with E-state index in [0.29, 0.717) is 5.57 Å². The second kappa shape index (κ2) is 10.9. The number of carbonyl (C=O) groups is 1. The number of carbonyl (C=O) groups excluding carboxylic acids is 1. The minimum absolute atomic E-state index is 0.0100. The first-order chi connectivity index (χ1) is 13.2. The van der Waals surface area contributed by atoms with Gasteiger partial charge in [0.25, 0.3) is 0 Å². The van der Waals surface area contributed by atoms with E-state index in [1.165, 1.54) is 19.3 Å². The Labute approximate surface area is 161 Å². The first-order valence-electron chi connectivity index (χ1n) is 9.38. The number of benzene rings is 1. The van der Waals surface area contributed by atoms with Crippen LogP contribution < -0.4 is 9.64 Å². The van der Waals surface area contributed by atoms with E-state index in [-0.39, 0.29) is 12.2 Å². The highest BCUT2D eigenvalue weighted by Gasteiger charge is 2.15. The largest absolute Gasteiger partial charge is 0.494 e. The van der Waals surface area contributed by atoms with E-state index in [4.69, 9.17) is 9.47 Å². The van der Waals surface area contributed by atoms with Gasteiger partial charge in [0.15, 0.2) is 0 Å². The maximum Gasteiger partial charge on any atom is 0.349 e. The van der Waals surface area contributed by atoms with E-state index in [0.717, 1.165) is 24.5 Å². The smallest absolute Gasteiger partial charge is 0.349 e. The fraction of sp³-hybridized carbons (Fsp3) is 0.364. The zero-order chi connectivity index (χ0) is 19.5. The molecule has 0 saturated carbocycles. The molecule has 27 heavy (non-hydrogen) atoms. The molecule has 0 radical (unpaired) electrons. The van der Waals surface area contributed by atoms with Crippen molar-refractivity contribution in [3.63, 3.8) is 0 Å². The number of anilines is 1. The Hall–Kier alpha value is -3.00. The van der Waals surface area contributed by atoms with E-state index < -0.39 is 5.97 Å². The molecule has 0 amide bonds. The van der Waals surface area contributed by atoms with Crippen LogP contribution in [0.25, 0.3) is 0 Å². The molecule has 0 aromatic heterocycles. The van der Waals surface area contributed by atoms with Crippen LogP contribution in [-0.4, -0.2) is 19.2 Å². The van der Waals surface area contributed by atoms with E-state index in [2.05, 4.69) is 6.92 Å². The molecule has 142 valence electrons. The molecular formula is C22H26N2O3. The lowest BCUT2D eigenvalue weighted by molar-refractivity contribution is -0.138. The molecule has 1 aromatic rings. The van der Waals surface area contributed by atoms with Gasteiger partial charge in [-0.3, -0.25) is 0 Å². The summed E-state index contributed by atoms with van der Waals surface area (Å²) in [5, 5.41) is 9.20. The zero-order valence-corrected chi connectivity index (χ0v) is 16.0. The molecule has 5 nitrogen and oxygen atoms in total.